The summed E-state index contributed by atoms with van der Waals surface area (Å²) in [6.07, 6.45) is 4.27. The van der Waals surface area contributed by atoms with Crippen molar-refractivity contribution < 1.29 is 4.79 Å². The van der Waals surface area contributed by atoms with Gasteiger partial charge in [-0.1, -0.05) is 30.3 Å². The van der Waals surface area contributed by atoms with Crippen molar-refractivity contribution >= 4 is 11.9 Å². The van der Waals surface area contributed by atoms with Gasteiger partial charge < -0.3 is 10.2 Å². The Morgan fingerprint density at radius 3 is 2.62 bits per heavy atom. The van der Waals surface area contributed by atoms with Crippen LogP contribution in [0.2, 0.25) is 0 Å². The van der Waals surface area contributed by atoms with Crippen molar-refractivity contribution in [1.82, 2.24) is 14.9 Å². The van der Waals surface area contributed by atoms with Gasteiger partial charge in [0, 0.05) is 25.3 Å². The molecule has 0 unspecified atom stereocenters. The smallest absolute Gasteiger partial charge is 0.272 e. The molecular weight excluding hydrogens is 300 g/mol. The summed E-state index contributed by atoms with van der Waals surface area (Å²) >= 11 is 0. The SMILES string of the molecule is Cc1cc(C(=O)N2CCCCC2)nc(NCCc2ccccc2)n1. The Morgan fingerprint density at radius 1 is 1.12 bits per heavy atom. The average molecular weight is 324 g/mol. The summed E-state index contributed by atoms with van der Waals surface area (Å²) in [5.74, 6) is 0.553. The first-order valence-corrected chi connectivity index (χ1v) is 8.65. The first-order chi connectivity index (χ1) is 11.7. The highest BCUT2D eigenvalue weighted by atomic mass is 16.2. The number of likely N-dealkylation sites (tertiary alicyclic amines) is 1. The molecule has 1 aromatic carbocycles. The number of aromatic nitrogens is 2. The highest BCUT2D eigenvalue weighted by Crippen LogP contribution is 2.14. The van der Waals surface area contributed by atoms with Crippen molar-refractivity contribution in [3.8, 4) is 0 Å². The summed E-state index contributed by atoms with van der Waals surface area (Å²) in [6, 6.07) is 12.1. The van der Waals surface area contributed by atoms with Crippen LogP contribution in [0, 0.1) is 6.92 Å². The zero-order valence-corrected chi connectivity index (χ0v) is 14.2. The van der Waals surface area contributed by atoms with Crippen LogP contribution in [0.4, 0.5) is 5.95 Å². The third kappa shape index (κ3) is 4.31. The van der Waals surface area contributed by atoms with Crippen molar-refractivity contribution in [3.05, 3.63) is 53.3 Å². The molecular formula is C19H24N4O. The lowest BCUT2D eigenvalue weighted by Crippen LogP contribution is -2.36. The summed E-state index contributed by atoms with van der Waals surface area (Å²) in [4.78, 5) is 23.3. The standard InChI is InChI=1S/C19H24N4O/c1-15-14-17(18(24)23-12-6-3-7-13-23)22-19(21-15)20-11-10-16-8-4-2-5-9-16/h2,4-5,8-9,14H,3,6-7,10-13H2,1H3,(H,20,21,22). The number of hydrogen-bond acceptors (Lipinski definition) is 4. The Morgan fingerprint density at radius 2 is 1.88 bits per heavy atom. The molecule has 0 spiro atoms. The zero-order chi connectivity index (χ0) is 16.8. The van der Waals surface area contributed by atoms with E-state index in [9.17, 15) is 4.79 Å². The van der Waals surface area contributed by atoms with Gasteiger partial charge in [-0.05, 0) is 44.2 Å². The summed E-state index contributed by atoms with van der Waals surface area (Å²) < 4.78 is 0. The van der Waals surface area contributed by atoms with Crippen LogP contribution in [0.25, 0.3) is 0 Å². The number of nitrogens with zero attached hydrogens (tertiary/aromatic N) is 3. The van der Waals surface area contributed by atoms with E-state index in [4.69, 9.17) is 0 Å². The van der Waals surface area contributed by atoms with Gasteiger partial charge in [-0.25, -0.2) is 9.97 Å². The van der Waals surface area contributed by atoms with Crippen LogP contribution < -0.4 is 5.32 Å². The van der Waals surface area contributed by atoms with Crippen LogP contribution in [0.15, 0.2) is 36.4 Å². The first kappa shape index (κ1) is 16.4. The lowest BCUT2D eigenvalue weighted by molar-refractivity contribution is 0.0718. The second kappa shape index (κ2) is 7.90. The third-order valence-corrected chi connectivity index (χ3v) is 4.26. The van der Waals surface area contributed by atoms with Crippen molar-refractivity contribution in [3.63, 3.8) is 0 Å². The second-order valence-corrected chi connectivity index (χ2v) is 6.23. The van der Waals surface area contributed by atoms with Gasteiger partial charge in [-0.2, -0.15) is 0 Å². The van der Waals surface area contributed by atoms with E-state index in [2.05, 4.69) is 27.4 Å². The topological polar surface area (TPSA) is 58.1 Å². The molecule has 2 heterocycles. The quantitative estimate of drug-likeness (QED) is 0.918. The highest BCUT2D eigenvalue weighted by molar-refractivity contribution is 5.92. The molecule has 1 aromatic heterocycles. The molecule has 5 nitrogen and oxygen atoms in total. The van der Waals surface area contributed by atoms with Gasteiger partial charge in [0.15, 0.2) is 0 Å². The number of carbonyl (C=O) groups excluding carboxylic acids is 1. The Balaban J connectivity index is 1.63. The van der Waals surface area contributed by atoms with E-state index in [1.165, 1.54) is 12.0 Å². The number of anilines is 1. The molecule has 3 rings (SSSR count). The number of amides is 1. The van der Waals surface area contributed by atoms with Crippen LogP contribution in [0.3, 0.4) is 0 Å². The Bertz CT molecular complexity index is 681. The zero-order valence-electron chi connectivity index (χ0n) is 14.2. The molecule has 0 radical (unpaired) electrons. The van der Waals surface area contributed by atoms with E-state index in [-0.39, 0.29) is 5.91 Å². The normalized spacial score (nSPS) is 14.5. The molecule has 1 fully saturated rings. The number of piperidine rings is 1. The fourth-order valence-electron chi connectivity index (χ4n) is 2.98. The molecule has 1 amide bonds. The predicted octanol–water partition coefficient (Wildman–Crippen LogP) is 3.07. The Hall–Kier alpha value is -2.43. The summed E-state index contributed by atoms with van der Waals surface area (Å²) in [5.41, 5.74) is 2.57. The molecule has 0 saturated carbocycles. The lowest BCUT2D eigenvalue weighted by atomic mass is 10.1. The number of hydrogen-bond donors (Lipinski definition) is 1. The van der Waals surface area contributed by atoms with Crippen LogP contribution in [-0.2, 0) is 6.42 Å². The number of benzene rings is 1. The largest absolute Gasteiger partial charge is 0.354 e. The summed E-state index contributed by atoms with van der Waals surface area (Å²) in [5, 5.41) is 3.24. The monoisotopic (exact) mass is 324 g/mol. The van der Waals surface area contributed by atoms with Crippen LogP contribution in [0.1, 0.15) is 41.0 Å². The maximum Gasteiger partial charge on any atom is 0.272 e. The van der Waals surface area contributed by atoms with Gasteiger partial charge in [-0.15, -0.1) is 0 Å². The fraction of sp³-hybridized carbons (Fsp3) is 0.421. The molecule has 126 valence electrons. The van der Waals surface area contributed by atoms with Gasteiger partial charge in [-0.3, -0.25) is 4.79 Å². The molecule has 0 atom stereocenters. The van der Waals surface area contributed by atoms with E-state index in [1.807, 2.05) is 30.0 Å². The first-order valence-electron chi connectivity index (χ1n) is 8.65. The van der Waals surface area contributed by atoms with Crippen LogP contribution in [0.5, 0.6) is 0 Å². The van der Waals surface area contributed by atoms with Gasteiger partial charge in [0.05, 0.1) is 0 Å². The van der Waals surface area contributed by atoms with E-state index >= 15 is 0 Å². The average Bonchev–Trinajstić information content (AvgIpc) is 2.62. The van der Waals surface area contributed by atoms with Crippen LogP contribution >= 0.6 is 0 Å². The number of nitrogens with one attached hydrogen (secondary N) is 1. The minimum Gasteiger partial charge on any atom is -0.354 e. The molecule has 1 N–H and O–H groups in total. The molecule has 24 heavy (non-hydrogen) atoms. The predicted molar refractivity (Wildman–Crippen MR) is 95.2 cm³/mol. The van der Waals surface area contributed by atoms with E-state index < -0.39 is 0 Å². The van der Waals surface area contributed by atoms with Crippen molar-refractivity contribution in [2.75, 3.05) is 25.0 Å². The van der Waals surface area contributed by atoms with Crippen molar-refractivity contribution in [2.45, 2.75) is 32.6 Å². The molecule has 5 heteroatoms. The van der Waals surface area contributed by atoms with E-state index in [0.29, 0.717) is 11.6 Å². The number of rotatable bonds is 5. The molecule has 1 aliphatic heterocycles. The lowest BCUT2D eigenvalue weighted by Gasteiger charge is -2.26. The number of carbonyl (C=O) groups is 1. The second-order valence-electron chi connectivity index (χ2n) is 6.23. The number of aryl methyl sites for hydroxylation is 1. The van der Waals surface area contributed by atoms with Gasteiger partial charge >= 0.3 is 0 Å². The Kier molecular flexibility index (Phi) is 5.41. The fourth-order valence-corrected chi connectivity index (χ4v) is 2.98. The Labute approximate surface area is 143 Å². The van der Waals surface area contributed by atoms with Gasteiger partial charge in [0.25, 0.3) is 5.91 Å². The molecule has 2 aromatic rings. The molecule has 1 saturated heterocycles. The van der Waals surface area contributed by atoms with Crippen molar-refractivity contribution in [2.24, 2.45) is 0 Å². The molecule has 1 aliphatic rings. The minimum absolute atomic E-state index is 0.0197. The maximum atomic E-state index is 12.6. The maximum absolute atomic E-state index is 12.6. The van der Waals surface area contributed by atoms with E-state index in [0.717, 1.165) is 44.6 Å². The summed E-state index contributed by atoms with van der Waals surface area (Å²) in [6.45, 7) is 4.30. The van der Waals surface area contributed by atoms with Crippen molar-refractivity contribution in [1.29, 1.82) is 0 Å². The molecule has 0 aliphatic carbocycles. The highest BCUT2D eigenvalue weighted by Gasteiger charge is 2.20. The van der Waals surface area contributed by atoms with Crippen LogP contribution in [-0.4, -0.2) is 40.4 Å². The minimum atomic E-state index is 0.0197. The summed E-state index contributed by atoms with van der Waals surface area (Å²) in [7, 11) is 0. The van der Waals surface area contributed by atoms with Gasteiger partial charge in [0.1, 0.15) is 5.69 Å². The molecule has 0 bridgehead atoms. The third-order valence-electron chi connectivity index (χ3n) is 4.26. The van der Waals surface area contributed by atoms with Gasteiger partial charge in [0.2, 0.25) is 5.95 Å². The van der Waals surface area contributed by atoms with E-state index in [1.54, 1.807) is 6.07 Å².